The van der Waals surface area contributed by atoms with Gasteiger partial charge in [0.15, 0.2) is 0 Å². The van der Waals surface area contributed by atoms with Crippen LogP contribution in [-0.4, -0.2) is 77.8 Å². The van der Waals surface area contributed by atoms with Crippen LogP contribution in [0.4, 0.5) is 0 Å². The Labute approximate surface area is 120 Å². The van der Waals surface area contributed by atoms with E-state index >= 15 is 0 Å². The monoisotopic (exact) mass is 292 g/mol. The molecule has 0 heterocycles. The topological polar surface area (TPSA) is 116 Å². The first-order valence-corrected chi connectivity index (χ1v) is 6.93. The minimum atomic E-state index is -0.814. The van der Waals surface area contributed by atoms with Gasteiger partial charge in [0.2, 0.25) is 0 Å². The van der Waals surface area contributed by atoms with E-state index in [1.165, 1.54) is 7.11 Å². The molecule has 0 aromatic carbocycles. The smallest absolute Gasteiger partial charge is 0.322 e. The molecular formula is C13H28N2O5. The molecule has 120 valence electrons. The Balaban J connectivity index is 3.97. The van der Waals surface area contributed by atoms with Crippen LogP contribution in [0.5, 0.6) is 0 Å². The summed E-state index contributed by atoms with van der Waals surface area (Å²) < 4.78 is 4.54. The van der Waals surface area contributed by atoms with Crippen molar-refractivity contribution >= 4 is 5.97 Å². The van der Waals surface area contributed by atoms with Crippen molar-refractivity contribution in [2.24, 2.45) is 5.73 Å². The van der Waals surface area contributed by atoms with Crippen LogP contribution in [0, 0.1) is 0 Å². The number of ether oxygens (including phenoxy) is 1. The number of aliphatic hydroxyl groups is 3. The summed E-state index contributed by atoms with van der Waals surface area (Å²) in [4.78, 5) is 13.0. The van der Waals surface area contributed by atoms with Crippen LogP contribution in [0.25, 0.3) is 0 Å². The third-order valence-corrected chi connectivity index (χ3v) is 2.95. The Morgan fingerprint density at radius 1 is 1.30 bits per heavy atom. The third-order valence-electron chi connectivity index (χ3n) is 2.95. The number of aliphatic hydroxyl groups excluding tert-OH is 3. The SMILES string of the molecule is COC(=O)C(N)CCCCN(CC(C)O)CC(O)CO. The zero-order chi connectivity index (χ0) is 15.5. The van der Waals surface area contributed by atoms with E-state index in [0.29, 0.717) is 26.1 Å². The number of carbonyl (C=O) groups excluding carboxylic acids is 1. The summed E-state index contributed by atoms with van der Waals surface area (Å²) in [7, 11) is 1.31. The highest BCUT2D eigenvalue weighted by Crippen LogP contribution is 2.04. The lowest BCUT2D eigenvalue weighted by Crippen LogP contribution is -2.39. The minimum Gasteiger partial charge on any atom is -0.468 e. The summed E-state index contributed by atoms with van der Waals surface area (Å²) in [6.45, 7) is 2.77. The van der Waals surface area contributed by atoms with Crippen molar-refractivity contribution in [3.8, 4) is 0 Å². The van der Waals surface area contributed by atoms with Crippen molar-refractivity contribution in [1.29, 1.82) is 0 Å². The van der Waals surface area contributed by atoms with E-state index in [-0.39, 0.29) is 6.61 Å². The maximum absolute atomic E-state index is 11.1. The standard InChI is InChI=1S/C13H28N2O5/c1-10(17)7-15(8-11(18)9-16)6-4-3-5-12(14)13(19)20-2/h10-12,16-18H,3-9,14H2,1-2H3. The van der Waals surface area contributed by atoms with Crippen LogP contribution in [0.3, 0.4) is 0 Å². The Kier molecular flexibility index (Phi) is 10.6. The second kappa shape index (κ2) is 11.0. The van der Waals surface area contributed by atoms with Gasteiger partial charge in [0.05, 0.1) is 25.9 Å². The lowest BCUT2D eigenvalue weighted by Gasteiger charge is -2.25. The third kappa shape index (κ3) is 9.22. The van der Waals surface area contributed by atoms with Gasteiger partial charge in [-0.25, -0.2) is 0 Å². The van der Waals surface area contributed by atoms with Crippen LogP contribution in [0.1, 0.15) is 26.2 Å². The predicted octanol–water partition coefficient (Wildman–Crippen LogP) is -1.31. The minimum absolute atomic E-state index is 0.302. The maximum atomic E-state index is 11.1. The Morgan fingerprint density at radius 2 is 1.95 bits per heavy atom. The molecule has 0 radical (unpaired) electrons. The Hall–Kier alpha value is -0.730. The molecule has 7 nitrogen and oxygen atoms in total. The lowest BCUT2D eigenvalue weighted by molar-refractivity contribution is -0.142. The molecule has 0 bridgehead atoms. The van der Waals surface area contributed by atoms with Crippen molar-refractivity contribution in [2.75, 3.05) is 33.4 Å². The number of esters is 1. The molecular weight excluding hydrogens is 264 g/mol. The zero-order valence-electron chi connectivity index (χ0n) is 12.4. The number of hydrogen-bond acceptors (Lipinski definition) is 7. The molecule has 20 heavy (non-hydrogen) atoms. The van der Waals surface area contributed by atoms with Crippen LogP contribution < -0.4 is 5.73 Å². The number of rotatable bonds is 11. The second-order valence-corrected chi connectivity index (χ2v) is 5.07. The van der Waals surface area contributed by atoms with E-state index in [4.69, 9.17) is 10.8 Å². The largest absolute Gasteiger partial charge is 0.468 e. The van der Waals surface area contributed by atoms with Gasteiger partial charge in [0.1, 0.15) is 6.04 Å². The van der Waals surface area contributed by atoms with Crippen molar-refractivity contribution in [3.05, 3.63) is 0 Å². The van der Waals surface area contributed by atoms with Gasteiger partial charge in [-0.2, -0.15) is 0 Å². The van der Waals surface area contributed by atoms with Gasteiger partial charge < -0.3 is 25.8 Å². The number of nitrogens with zero attached hydrogens (tertiary/aromatic N) is 1. The molecule has 0 fully saturated rings. The van der Waals surface area contributed by atoms with E-state index in [1.54, 1.807) is 6.92 Å². The van der Waals surface area contributed by atoms with Gasteiger partial charge in [0.25, 0.3) is 0 Å². The highest BCUT2D eigenvalue weighted by atomic mass is 16.5. The highest BCUT2D eigenvalue weighted by Gasteiger charge is 2.15. The van der Waals surface area contributed by atoms with E-state index < -0.39 is 24.2 Å². The molecule has 0 aliphatic rings. The second-order valence-electron chi connectivity index (χ2n) is 5.07. The predicted molar refractivity (Wildman–Crippen MR) is 75.1 cm³/mol. The molecule has 3 unspecified atom stereocenters. The molecule has 0 rings (SSSR count). The van der Waals surface area contributed by atoms with Crippen molar-refractivity contribution in [3.63, 3.8) is 0 Å². The van der Waals surface area contributed by atoms with Crippen molar-refractivity contribution in [1.82, 2.24) is 4.90 Å². The number of nitrogens with two attached hydrogens (primary N) is 1. The molecule has 0 aliphatic carbocycles. The van der Waals surface area contributed by atoms with Crippen LogP contribution in [0.15, 0.2) is 0 Å². The zero-order valence-corrected chi connectivity index (χ0v) is 12.4. The summed E-state index contributed by atoms with van der Waals surface area (Å²) in [5.74, 6) is -0.415. The first kappa shape index (κ1) is 19.3. The first-order valence-electron chi connectivity index (χ1n) is 6.93. The Bertz CT molecular complexity index is 263. The summed E-state index contributed by atoms with van der Waals surface area (Å²) in [5, 5.41) is 27.7. The average Bonchev–Trinajstić information content (AvgIpc) is 2.41. The summed E-state index contributed by atoms with van der Waals surface area (Å²) in [5.41, 5.74) is 5.63. The molecule has 7 heteroatoms. The normalized spacial score (nSPS) is 15.9. The summed E-state index contributed by atoms with van der Waals surface area (Å²) in [6, 6.07) is -0.603. The van der Waals surface area contributed by atoms with Gasteiger partial charge >= 0.3 is 5.97 Å². The lowest BCUT2D eigenvalue weighted by atomic mass is 10.1. The van der Waals surface area contributed by atoms with Crippen LogP contribution in [0.2, 0.25) is 0 Å². The maximum Gasteiger partial charge on any atom is 0.322 e. The average molecular weight is 292 g/mol. The molecule has 0 aromatic heterocycles. The number of unbranched alkanes of at least 4 members (excludes halogenated alkanes) is 1. The fourth-order valence-corrected chi connectivity index (χ4v) is 1.96. The van der Waals surface area contributed by atoms with E-state index in [1.807, 2.05) is 4.90 Å². The number of carbonyl (C=O) groups is 1. The van der Waals surface area contributed by atoms with E-state index in [9.17, 15) is 15.0 Å². The molecule has 0 aromatic rings. The quantitative estimate of drug-likeness (QED) is 0.276. The summed E-state index contributed by atoms with van der Waals surface area (Å²) in [6.07, 6.45) is 0.763. The first-order chi connectivity index (χ1) is 9.40. The molecule has 0 saturated carbocycles. The molecule has 5 N–H and O–H groups in total. The van der Waals surface area contributed by atoms with Gasteiger partial charge in [-0.3, -0.25) is 9.69 Å². The molecule has 0 aliphatic heterocycles. The molecule has 0 amide bonds. The molecule has 3 atom stereocenters. The summed E-state index contributed by atoms with van der Waals surface area (Å²) >= 11 is 0. The van der Waals surface area contributed by atoms with Gasteiger partial charge in [-0.15, -0.1) is 0 Å². The van der Waals surface area contributed by atoms with Gasteiger partial charge in [-0.05, 0) is 26.3 Å². The fourth-order valence-electron chi connectivity index (χ4n) is 1.96. The van der Waals surface area contributed by atoms with Crippen LogP contribution in [-0.2, 0) is 9.53 Å². The van der Waals surface area contributed by atoms with Crippen LogP contribution >= 0.6 is 0 Å². The number of methoxy groups -OCH3 is 1. The fraction of sp³-hybridized carbons (Fsp3) is 0.923. The van der Waals surface area contributed by atoms with E-state index in [2.05, 4.69) is 4.74 Å². The Morgan fingerprint density at radius 3 is 2.45 bits per heavy atom. The molecule has 0 saturated heterocycles. The number of hydrogen-bond donors (Lipinski definition) is 4. The van der Waals surface area contributed by atoms with Gasteiger partial charge in [0, 0.05) is 13.1 Å². The highest BCUT2D eigenvalue weighted by molar-refractivity contribution is 5.75. The van der Waals surface area contributed by atoms with Crippen molar-refractivity contribution < 1.29 is 24.9 Å². The van der Waals surface area contributed by atoms with E-state index in [0.717, 1.165) is 12.8 Å². The van der Waals surface area contributed by atoms with Gasteiger partial charge in [-0.1, -0.05) is 6.42 Å². The molecule has 0 spiro atoms. The van der Waals surface area contributed by atoms with Crippen molar-refractivity contribution in [2.45, 2.75) is 44.4 Å².